The van der Waals surface area contributed by atoms with Gasteiger partial charge in [-0.05, 0) is 36.2 Å². The van der Waals surface area contributed by atoms with Crippen molar-refractivity contribution in [3.05, 3.63) is 58.5 Å². The third-order valence-corrected chi connectivity index (χ3v) is 12.3. The van der Waals surface area contributed by atoms with Crippen LogP contribution in [0.5, 0.6) is 0 Å². The number of phosphoric acid groups is 1. The van der Waals surface area contributed by atoms with Crippen LogP contribution in [0.1, 0.15) is 126 Å². The molecule has 0 bridgehead atoms. The van der Waals surface area contributed by atoms with Crippen molar-refractivity contribution in [1.82, 2.24) is 14.6 Å². The molecule has 0 radical (unpaired) electrons. The lowest BCUT2D eigenvalue weighted by molar-refractivity contribution is -0.107. The number of nitrogens with zero attached hydrogens (tertiary/aromatic N) is 5. The number of rotatable bonds is 28. The Kier molecular flexibility index (Phi) is 17.3. The number of aliphatic hydroxyl groups excluding tert-OH is 1. The van der Waals surface area contributed by atoms with Crippen LogP contribution in [0.3, 0.4) is 0 Å². The SMILES string of the molecule is CCCCCCCCCCCCCCCCCCOC[C@H](COP(=O)(O)OC1[C@H]2O[C@@](C#N)(c3ccc4c(N)ncnn34)[C@H](O)[C@@]12O)OCc1ccc(C#N)c(Cl)c1. The number of nitrogen functional groups attached to an aromatic ring is 1. The number of anilines is 1. The van der Waals surface area contributed by atoms with Crippen LogP contribution in [0.2, 0.25) is 5.02 Å². The number of benzene rings is 1. The van der Waals surface area contributed by atoms with Crippen molar-refractivity contribution in [3.63, 3.8) is 0 Å². The minimum atomic E-state index is -4.88. The Hall–Kier alpha value is -3.18. The van der Waals surface area contributed by atoms with Crippen molar-refractivity contribution in [2.24, 2.45) is 0 Å². The number of hydrogen-bond donors (Lipinski definition) is 4. The zero-order valence-corrected chi connectivity index (χ0v) is 35.0. The van der Waals surface area contributed by atoms with Gasteiger partial charge in [-0.25, -0.2) is 14.1 Å². The monoisotopic (exact) mass is 844 g/mol. The summed E-state index contributed by atoms with van der Waals surface area (Å²) in [6.45, 7) is 2.39. The summed E-state index contributed by atoms with van der Waals surface area (Å²) >= 11 is 6.20. The van der Waals surface area contributed by atoms with Gasteiger partial charge in [0, 0.05) is 6.61 Å². The molecule has 5 N–H and O–H groups in total. The van der Waals surface area contributed by atoms with Crippen LogP contribution in [0.15, 0.2) is 36.7 Å². The third-order valence-electron chi connectivity index (χ3n) is 11.0. The van der Waals surface area contributed by atoms with Crippen LogP contribution in [0.25, 0.3) is 5.52 Å². The highest BCUT2D eigenvalue weighted by Crippen LogP contribution is 2.63. The van der Waals surface area contributed by atoms with E-state index in [4.69, 9.17) is 40.6 Å². The van der Waals surface area contributed by atoms with E-state index in [1.54, 1.807) is 18.2 Å². The Bertz CT molecular complexity index is 1910. The second-order valence-electron chi connectivity index (χ2n) is 15.4. The van der Waals surface area contributed by atoms with Crippen molar-refractivity contribution in [2.45, 2.75) is 152 Å². The Balaban J connectivity index is 1.04. The maximum absolute atomic E-state index is 13.2. The van der Waals surface area contributed by atoms with Crippen molar-refractivity contribution in [3.8, 4) is 12.1 Å². The molecule has 0 spiro atoms. The number of hydrogen-bond acceptors (Lipinski definition) is 13. The van der Waals surface area contributed by atoms with Crippen molar-refractivity contribution >= 4 is 30.8 Å². The molecule has 1 aliphatic heterocycles. The van der Waals surface area contributed by atoms with Crippen LogP contribution in [-0.4, -0.2) is 79.5 Å². The van der Waals surface area contributed by atoms with E-state index in [1.165, 1.54) is 106 Å². The summed E-state index contributed by atoms with van der Waals surface area (Å²) in [5, 5.41) is 46.3. The largest absolute Gasteiger partial charge is 0.472 e. The molecule has 7 atom stereocenters. The number of nitriles is 2. The number of aliphatic hydroxyl groups is 2. The highest BCUT2D eigenvalue weighted by atomic mass is 35.5. The first-order valence-corrected chi connectivity index (χ1v) is 22.5. The first-order valence-electron chi connectivity index (χ1n) is 20.6. The van der Waals surface area contributed by atoms with Crippen LogP contribution in [-0.2, 0) is 40.0 Å². The van der Waals surface area contributed by atoms with Crippen LogP contribution in [0, 0.1) is 22.7 Å². The first-order chi connectivity index (χ1) is 28.0. The van der Waals surface area contributed by atoms with Gasteiger partial charge in [-0.2, -0.15) is 15.6 Å². The molecule has 1 aromatic carbocycles. The molecule has 2 fully saturated rings. The van der Waals surface area contributed by atoms with Gasteiger partial charge in [-0.15, -0.1) is 0 Å². The molecule has 58 heavy (non-hydrogen) atoms. The highest BCUT2D eigenvalue weighted by molar-refractivity contribution is 7.47. The molecule has 3 aromatic rings. The van der Waals surface area contributed by atoms with Gasteiger partial charge in [-0.1, -0.05) is 121 Å². The summed E-state index contributed by atoms with van der Waals surface area (Å²) in [6, 6.07) is 11.8. The molecule has 2 aliphatic rings. The van der Waals surface area contributed by atoms with E-state index in [2.05, 4.69) is 17.0 Å². The van der Waals surface area contributed by atoms with Gasteiger partial charge in [-0.3, -0.25) is 9.05 Å². The number of ether oxygens (including phenoxy) is 3. The van der Waals surface area contributed by atoms with Gasteiger partial charge in [0.1, 0.15) is 48.4 Å². The predicted octanol–water partition coefficient (Wildman–Crippen LogP) is 7.43. The zero-order valence-electron chi connectivity index (χ0n) is 33.3. The molecule has 15 nitrogen and oxygen atoms in total. The number of halogens is 1. The maximum Gasteiger partial charge on any atom is 0.472 e. The fourth-order valence-electron chi connectivity index (χ4n) is 7.52. The zero-order chi connectivity index (χ0) is 41.6. The molecule has 5 rings (SSSR count). The van der Waals surface area contributed by atoms with Gasteiger partial charge in [0.25, 0.3) is 0 Å². The fourth-order valence-corrected chi connectivity index (χ4v) is 8.75. The van der Waals surface area contributed by atoms with Crippen LogP contribution >= 0.6 is 19.4 Å². The summed E-state index contributed by atoms with van der Waals surface area (Å²) in [4.78, 5) is 14.6. The third kappa shape index (κ3) is 11.5. The summed E-state index contributed by atoms with van der Waals surface area (Å²) in [5.74, 6) is 0.124. The molecule has 1 saturated carbocycles. The van der Waals surface area contributed by atoms with E-state index < -0.39 is 50.0 Å². The Morgan fingerprint density at radius 1 is 0.983 bits per heavy atom. The second kappa shape index (κ2) is 21.9. The van der Waals surface area contributed by atoms with E-state index in [0.29, 0.717) is 23.3 Å². The van der Waals surface area contributed by atoms with Crippen molar-refractivity contribution < 1.29 is 42.9 Å². The van der Waals surface area contributed by atoms with Gasteiger partial charge >= 0.3 is 7.82 Å². The average Bonchev–Trinajstić information content (AvgIpc) is 3.45. The molecule has 1 saturated heterocycles. The van der Waals surface area contributed by atoms with E-state index in [-0.39, 0.29) is 29.7 Å². The smallest absolute Gasteiger partial charge is 0.385 e. The Labute approximate surface area is 346 Å². The number of nitrogens with two attached hydrogens (primary N) is 1. The fraction of sp³-hybridized carbons (Fsp3) is 0.659. The summed E-state index contributed by atoms with van der Waals surface area (Å²) in [5.41, 5.74) is 3.03. The molecule has 318 valence electrons. The molecule has 2 aromatic heterocycles. The molecular formula is C41H58ClN6O9P. The first kappa shape index (κ1) is 45.9. The number of unbranched alkanes of at least 4 members (excludes halogenated alkanes) is 15. The van der Waals surface area contributed by atoms with Gasteiger partial charge in [0.05, 0.1) is 36.1 Å². The second-order valence-corrected chi connectivity index (χ2v) is 17.2. The highest BCUT2D eigenvalue weighted by Gasteiger charge is 2.83. The number of fused-ring (bicyclic) bond motifs is 2. The quantitative estimate of drug-likeness (QED) is 0.0412. The summed E-state index contributed by atoms with van der Waals surface area (Å²) < 4.78 is 42.8. The molecule has 1 aliphatic carbocycles. The number of phosphoric ester groups is 1. The molecule has 0 amide bonds. The van der Waals surface area contributed by atoms with Crippen molar-refractivity contribution in [1.29, 1.82) is 10.5 Å². The summed E-state index contributed by atoms with van der Waals surface area (Å²) in [6.07, 6.45) is 15.9. The average molecular weight is 845 g/mol. The molecule has 17 heteroatoms. The van der Waals surface area contributed by atoms with Gasteiger partial charge < -0.3 is 35.1 Å². The van der Waals surface area contributed by atoms with E-state index in [1.807, 2.05) is 12.1 Å². The topological polar surface area (TPSA) is 228 Å². The minimum Gasteiger partial charge on any atom is -0.385 e. The van der Waals surface area contributed by atoms with Crippen LogP contribution in [0.4, 0.5) is 5.82 Å². The normalized spacial score (nSPS) is 23.9. The minimum absolute atomic E-state index is 0.0458. The lowest BCUT2D eigenvalue weighted by Crippen LogP contribution is -2.47. The van der Waals surface area contributed by atoms with E-state index in [9.17, 15) is 30.2 Å². The molecule has 2 unspecified atom stereocenters. The van der Waals surface area contributed by atoms with E-state index >= 15 is 0 Å². The van der Waals surface area contributed by atoms with Gasteiger partial charge in [0.15, 0.2) is 11.4 Å². The van der Waals surface area contributed by atoms with Gasteiger partial charge in [0.2, 0.25) is 5.60 Å². The Morgan fingerprint density at radius 2 is 1.62 bits per heavy atom. The maximum atomic E-state index is 13.2. The predicted molar refractivity (Wildman–Crippen MR) is 216 cm³/mol. The number of aromatic nitrogens is 3. The van der Waals surface area contributed by atoms with Crippen molar-refractivity contribution in [2.75, 3.05) is 25.6 Å². The molecular weight excluding hydrogens is 787 g/mol. The Morgan fingerprint density at radius 3 is 2.19 bits per heavy atom. The molecule has 3 heterocycles. The lowest BCUT2D eigenvalue weighted by atomic mass is 9.90. The summed E-state index contributed by atoms with van der Waals surface area (Å²) in [7, 11) is -4.88. The lowest BCUT2D eigenvalue weighted by Gasteiger charge is -2.29. The standard InChI is InChI=1S/C41H58ClN6O9P/c1-2-3-4-5-6-7-8-9-10-11-12-13-14-15-16-17-22-53-26-32(54-25-30-18-19-31(24-43)33(42)23-30)27-55-58(51,52)57-37-36-41(37,50)39(49)40(28-44,56-36)35-21-20-34-38(45)46-29-47-48(34)35/h18-21,23,29,32,36-37,39,49-50H,2-17,22,25-27H2,1H3,(H,51,52)(H2,45,46,47)/t32-,36-,37?,39+,40+,41+/m1/s1. The van der Waals surface area contributed by atoms with Crippen LogP contribution < -0.4 is 5.73 Å². The van der Waals surface area contributed by atoms with E-state index in [0.717, 1.165) is 19.3 Å².